The molecule has 0 bridgehead atoms. The average Bonchev–Trinajstić information content (AvgIpc) is 2.18. The lowest BCUT2D eigenvalue weighted by molar-refractivity contribution is 0.340. The first-order valence-electron chi connectivity index (χ1n) is 5.69. The van der Waals surface area contributed by atoms with Gasteiger partial charge in [0, 0.05) is 18.3 Å². The van der Waals surface area contributed by atoms with Gasteiger partial charge in [0.1, 0.15) is 5.75 Å². The van der Waals surface area contributed by atoms with Crippen LogP contribution in [-0.4, -0.2) is 13.2 Å². The van der Waals surface area contributed by atoms with Crippen LogP contribution >= 0.6 is 0 Å². The molecule has 0 radical (unpaired) electrons. The van der Waals surface area contributed by atoms with Crippen LogP contribution in [0.5, 0.6) is 5.75 Å². The number of hydrogen-bond acceptors (Lipinski definition) is 2. The highest BCUT2D eigenvalue weighted by atomic mass is 16.5. The molecule has 1 aromatic carbocycles. The predicted molar refractivity (Wildman–Crippen MR) is 65.6 cm³/mol. The van der Waals surface area contributed by atoms with Gasteiger partial charge in [0.15, 0.2) is 0 Å². The monoisotopic (exact) mass is 207 g/mol. The summed E-state index contributed by atoms with van der Waals surface area (Å²) in [7, 11) is 0. The SMILES string of the molecule is CCOc1cccc(NCCC(C)C)c1. The normalized spacial score (nSPS) is 10.4. The Kier molecular flexibility index (Phi) is 5.02. The summed E-state index contributed by atoms with van der Waals surface area (Å²) in [5, 5.41) is 3.39. The van der Waals surface area contributed by atoms with E-state index in [0.717, 1.165) is 30.5 Å². The van der Waals surface area contributed by atoms with Crippen LogP contribution in [0.4, 0.5) is 5.69 Å². The van der Waals surface area contributed by atoms with Gasteiger partial charge in [-0.25, -0.2) is 0 Å². The zero-order valence-electron chi connectivity index (χ0n) is 9.92. The largest absolute Gasteiger partial charge is 0.494 e. The molecule has 15 heavy (non-hydrogen) atoms. The van der Waals surface area contributed by atoms with Gasteiger partial charge in [-0.05, 0) is 31.4 Å². The van der Waals surface area contributed by atoms with Crippen LogP contribution in [0.25, 0.3) is 0 Å². The molecule has 1 N–H and O–H groups in total. The molecule has 0 unspecified atom stereocenters. The van der Waals surface area contributed by atoms with E-state index in [1.165, 1.54) is 6.42 Å². The van der Waals surface area contributed by atoms with Crippen molar-refractivity contribution in [3.05, 3.63) is 24.3 Å². The Labute approximate surface area is 92.6 Å². The smallest absolute Gasteiger partial charge is 0.121 e. The van der Waals surface area contributed by atoms with Gasteiger partial charge in [0.05, 0.1) is 6.61 Å². The lowest BCUT2D eigenvalue weighted by Gasteiger charge is -2.09. The third-order valence-electron chi connectivity index (χ3n) is 2.20. The topological polar surface area (TPSA) is 21.3 Å². The van der Waals surface area contributed by atoms with Crippen LogP contribution in [0.15, 0.2) is 24.3 Å². The van der Waals surface area contributed by atoms with Gasteiger partial charge < -0.3 is 10.1 Å². The Morgan fingerprint density at radius 1 is 1.33 bits per heavy atom. The van der Waals surface area contributed by atoms with Gasteiger partial charge >= 0.3 is 0 Å². The van der Waals surface area contributed by atoms with Gasteiger partial charge in [0.25, 0.3) is 0 Å². The first kappa shape index (κ1) is 11.9. The van der Waals surface area contributed by atoms with E-state index in [2.05, 4.69) is 25.2 Å². The first-order chi connectivity index (χ1) is 7.22. The Bertz CT molecular complexity index is 284. The molecule has 0 aliphatic rings. The lowest BCUT2D eigenvalue weighted by Crippen LogP contribution is -2.04. The van der Waals surface area contributed by atoms with Crippen molar-refractivity contribution >= 4 is 5.69 Å². The highest BCUT2D eigenvalue weighted by Gasteiger charge is 1.97. The van der Waals surface area contributed by atoms with Gasteiger partial charge in [0.2, 0.25) is 0 Å². The molecule has 1 rings (SSSR count). The number of ether oxygens (including phenoxy) is 1. The van der Waals surface area contributed by atoms with Crippen molar-refractivity contribution in [1.29, 1.82) is 0 Å². The Morgan fingerprint density at radius 2 is 2.13 bits per heavy atom. The molecule has 0 saturated carbocycles. The van der Waals surface area contributed by atoms with Crippen LogP contribution in [0.2, 0.25) is 0 Å². The van der Waals surface area contributed by atoms with Gasteiger partial charge in [-0.3, -0.25) is 0 Å². The fourth-order valence-electron chi connectivity index (χ4n) is 1.37. The lowest BCUT2D eigenvalue weighted by atomic mass is 10.1. The minimum absolute atomic E-state index is 0.718. The first-order valence-corrected chi connectivity index (χ1v) is 5.69. The maximum absolute atomic E-state index is 5.43. The number of nitrogens with one attached hydrogen (secondary N) is 1. The molecule has 0 aromatic heterocycles. The summed E-state index contributed by atoms with van der Waals surface area (Å²) in [4.78, 5) is 0. The van der Waals surface area contributed by atoms with Crippen molar-refractivity contribution in [3.63, 3.8) is 0 Å². The molecular formula is C13H21NO. The van der Waals surface area contributed by atoms with E-state index in [0.29, 0.717) is 0 Å². The van der Waals surface area contributed by atoms with Gasteiger partial charge in [-0.15, -0.1) is 0 Å². The van der Waals surface area contributed by atoms with Crippen molar-refractivity contribution in [2.75, 3.05) is 18.5 Å². The fraction of sp³-hybridized carbons (Fsp3) is 0.538. The second kappa shape index (κ2) is 6.33. The molecule has 2 heteroatoms. The summed E-state index contributed by atoms with van der Waals surface area (Å²) in [5.74, 6) is 1.68. The standard InChI is InChI=1S/C13H21NO/c1-4-15-13-7-5-6-12(10-13)14-9-8-11(2)3/h5-7,10-11,14H,4,8-9H2,1-3H3. The van der Waals surface area contributed by atoms with Crippen LogP contribution < -0.4 is 10.1 Å². The summed E-state index contributed by atoms with van der Waals surface area (Å²) in [5.41, 5.74) is 1.14. The maximum atomic E-state index is 5.43. The molecule has 1 aromatic rings. The second-order valence-electron chi connectivity index (χ2n) is 4.07. The van der Waals surface area contributed by atoms with Gasteiger partial charge in [-0.2, -0.15) is 0 Å². The Morgan fingerprint density at radius 3 is 2.80 bits per heavy atom. The van der Waals surface area contributed by atoms with Crippen molar-refractivity contribution in [3.8, 4) is 5.75 Å². The minimum atomic E-state index is 0.718. The third kappa shape index (κ3) is 4.73. The summed E-state index contributed by atoms with van der Waals surface area (Å²) < 4.78 is 5.43. The van der Waals surface area contributed by atoms with E-state index in [9.17, 15) is 0 Å². The second-order valence-corrected chi connectivity index (χ2v) is 4.07. The highest BCUT2D eigenvalue weighted by molar-refractivity contribution is 5.48. The van der Waals surface area contributed by atoms with Crippen molar-refractivity contribution in [1.82, 2.24) is 0 Å². The molecule has 0 heterocycles. The van der Waals surface area contributed by atoms with E-state index in [1.807, 2.05) is 25.1 Å². The average molecular weight is 207 g/mol. The van der Waals surface area contributed by atoms with E-state index >= 15 is 0 Å². The summed E-state index contributed by atoms with van der Waals surface area (Å²) in [6.07, 6.45) is 1.19. The predicted octanol–water partition coefficient (Wildman–Crippen LogP) is 3.54. The summed E-state index contributed by atoms with van der Waals surface area (Å²) in [6.45, 7) is 8.21. The maximum Gasteiger partial charge on any atom is 0.121 e. The van der Waals surface area contributed by atoms with Crippen molar-refractivity contribution in [2.24, 2.45) is 5.92 Å². The number of benzene rings is 1. The fourth-order valence-corrected chi connectivity index (χ4v) is 1.37. The quantitative estimate of drug-likeness (QED) is 0.770. The van der Waals surface area contributed by atoms with Gasteiger partial charge in [-0.1, -0.05) is 19.9 Å². The van der Waals surface area contributed by atoms with E-state index < -0.39 is 0 Å². The molecule has 0 saturated heterocycles. The molecule has 84 valence electrons. The molecule has 2 nitrogen and oxygen atoms in total. The van der Waals surface area contributed by atoms with Crippen LogP contribution in [0, 0.1) is 5.92 Å². The Hall–Kier alpha value is -1.18. The van der Waals surface area contributed by atoms with Crippen LogP contribution in [-0.2, 0) is 0 Å². The summed E-state index contributed by atoms with van der Waals surface area (Å²) >= 11 is 0. The molecule has 0 fully saturated rings. The van der Waals surface area contributed by atoms with Crippen LogP contribution in [0.3, 0.4) is 0 Å². The van der Waals surface area contributed by atoms with Crippen LogP contribution in [0.1, 0.15) is 27.2 Å². The molecule has 0 aliphatic heterocycles. The van der Waals surface area contributed by atoms with E-state index in [1.54, 1.807) is 0 Å². The van der Waals surface area contributed by atoms with Crippen molar-refractivity contribution in [2.45, 2.75) is 27.2 Å². The summed E-state index contributed by atoms with van der Waals surface area (Å²) in [6, 6.07) is 8.12. The minimum Gasteiger partial charge on any atom is -0.494 e. The number of hydrogen-bond donors (Lipinski definition) is 1. The third-order valence-corrected chi connectivity index (χ3v) is 2.20. The molecule has 0 atom stereocenters. The molecule has 0 spiro atoms. The van der Waals surface area contributed by atoms with E-state index in [4.69, 9.17) is 4.74 Å². The molecule has 0 aliphatic carbocycles. The molecular weight excluding hydrogens is 186 g/mol. The number of rotatable bonds is 6. The zero-order chi connectivity index (χ0) is 11.1. The van der Waals surface area contributed by atoms with Crippen molar-refractivity contribution < 1.29 is 4.74 Å². The van der Waals surface area contributed by atoms with E-state index in [-0.39, 0.29) is 0 Å². The number of anilines is 1. The Balaban J connectivity index is 2.43. The highest BCUT2D eigenvalue weighted by Crippen LogP contribution is 2.17. The molecule has 0 amide bonds. The zero-order valence-corrected chi connectivity index (χ0v) is 9.92.